The van der Waals surface area contributed by atoms with Crippen LogP contribution in [0.4, 0.5) is 0 Å². The molecular formula is C13H14N2O2. The van der Waals surface area contributed by atoms with Crippen molar-refractivity contribution in [1.82, 2.24) is 10.3 Å². The van der Waals surface area contributed by atoms with Gasteiger partial charge in [-0.05, 0) is 25.3 Å². The first-order valence-corrected chi connectivity index (χ1v) is 5.66. The molecule has 2 rings (SSSR count). The third-order valence-electron chi connectivity index (χ3n) is 2.81. The summed E-state index contributed by atoms with van der Waals surface area (Å²) in [6, 6.07) is 1.95. The molecule has 0 atom stereocenters. The lowest BCUT2D eigenvalue weighted by molar-refractivity contribution is 0.0916. The molecule has 0 aromatic carbocycles. The van der Waals surface area contributed by atoms with Crippen LogP contribution in [-0.2, 0) is 0 Å². The molecule has 4 nitrogen and oxygen atoms in total. The fourth-order valence-electron chi connectivity index (χ4n) is 1.64. The van der Waals surface area contributed by atoms with Gasteiger partial charge in [0.2, 0.25) is 0 Å². The number of rotatable bonds is 2. The Balaban J connectivity index is 2.15. The number of aromatic nitrogens is 1. The maximum Gasteiger partial charge on any atom is 0.252 e. The van der Waals surface area contributed by atoms with Gasteiger partial charge in [-0.25, -0.2) is 0 Å². The van der Waals surface area contributed by atoms with E-state index in [0.29, 0.717) is 17.2 Å². The van der Waals surface area contributed by atoms with Gasteiger partial charge in [-0.15, -0.1) is 0 Å². The van der Waals surface area contributed by atoms with Crippen molar-refractivity contribution >= 4 is 5.91 Å². The zero-order valence-corrected chi connectivity index (χ0v) is 9.44. The average molecular weight is 230 g/mol. The minimum Gasteiger partial charge on any atom is -0.384 e. The second-order valence-electron chi connectivity index (χ2n) is 3.98. The molecule has 88 valence electrons. The number of aliphatic hydroxyl groups excluding tert-OH is 1. The highest BCUT2D eigenvalue weighted by Crippen LogP contribution is 2.18. The molecule has 1 heterocycles. The molecule has 1 aliphatic carbocycles. The van der Waals surface area contributed by atoms with Crippen LogP contribution in [0.15, 0.2) is 18.5 Å². The maximum atomic E-state index is 12.0. The predicted octanol–water partition coefficient (Wildman–Crippen LogP) is 0.708. The zero-order valence-electron chi connectivity index (χ0n) is 9.44. The fourth-order valence-corrected chi connectivity index (χ4v) is 1.64. The van der Waals surface area contributed by atoms with Gasteiger partial charge in [0.1, 0.15) is 6.61 Å². The highest BCUT2D eigenvalue weighted by Gasteiger charge is 2.21. The lowest BCUT2D eigenvalue weighted by Crippen LogP contribution is -2.39. The van der Waals surface area contributed by atoms with E-state index in [1.54, 1.807) is 18.5 Å². The standard InChI is InChI=1S/C13H14N2O2/c16-8-2-3-10-9-14-7-6-12(10)13(17)15-11-4-1-5-11/h6-7,9,11,16H,1,4-5,8H2,(H,15,17). The summed E-state index contributed by atoms with van der Waals surface area (Å²) in [6.45, 7) is -0.224. The molecule has 0 radical (unpaired) electrons. The van der Waals surface area contributed by atoms with Crippen molar-refractivity contribution in [3.05, 3.63) is 29.6 Å². The Morgan fingerprint density at radius 2 is 2.41 bits per heavy atom. The number of carbonyl (C=O) groups excluding carboxylic acids is 1. The Kier molecular flexibility index (Phi) is 3.73. The van der Waals surface area contributed by atoms with Crippen LogP contribution < -0.4 is 5.32 Å². The molecule has 1 aromatic heterocycles. The number of carbonyl (C=O) groups is 1. The van der Waals surface area contributed by atoms with Gasteiger partial charge in [0.05, 0.1) is 11.1 Å². The van der Waals surface area contributed by atoms with Gasteiger partial charge in [0.25, 0.3) is 5.91 Å². The summed E-state index contributed by atoms with van der Waals surface area (Å²) in [6.07, 6.45) is 6.39. The molecule has 0 unspecified atom stereocenters. The quantitative estimate of drug-likeness (QED) is 0.735. The van der Waals surface area contributed by atoms with Crippen molar-refractivity contribution < 1.29 is 9.90 Å². The summed E-state index contributed by atoms with van der Waals surface area (Å²) in [4.78, 5) is 15.9. The van der Waals surface area contributed by atoms with Gasteiger partial charge in [-0.1, -0.05) is 11.8 Å². The monoisotopic (exact) mass is 230 g/mol. The lowest BCUT2D eigenvalue weighted by atomic mass is 9.93. The Hall–Kier alpha value is -1.86. The van der Waals surface area contributed by atoms with Crippen LogP contribution in [0, 0.1) is 11.8 Å². The van der Waals surface area contributed by atoms with E-state index in [1.807, 2.05) is 0 Å². The van der Waals surface area contributed by atoms with Crippen LogP contribution in [0.3, 0.4) is 0 Å². The van der Waals surface area contributed by atoms with E-state index in [1.165, 1.54) is 6.42 Å². The number of pyridine rings is 1. The van der Waals surface area contributed by atoms with Crippen molar-refractivity contribution in [2.24, 2.45) is 0 Å². The first-order chi connectivity index (χ1) is 8.31. The molecule has 1 saturated carbocycles. The summed E-state index contributed by atoms with van der Waals surface area (Å²) in [7, 11) is 0. The van der Waals surface area contributed by atoms with E-state index in [-0.39, 0.29) is 12.5 Å². The van der Waals surface area contributed by atoms with E-state index in [2.05, 4.69) is 22.1 Å². The van der Waals surface area contributed by atoms with E-state index in [9.17, 15) is 4.79 Å². The van der Waals surface area contributed by atoms with Crippen LogP contribution in [0.1, 0.15) is 35.2 Å². The van der Waals surface area contributed by atoms with Crippen molar-refractivity contribution in [3.8, 4) is 11.8 Å². The summed E-state index contributed by atoms with van der Waals surface area (Å²) in [5, 5.41) is 11.6. The smallest absolute Gasteiger partial charge is 0.252 e. The SMILES string of the molecule is O=C(NC1CCC1)c1ccncc1C#CCO. The van der Waals surface area contributed by atoms with Crippen molar-refractivity contribution in [2.75, 3.05) is 6.61 Å². The number of hydrogen-bond donors (Lipinski definition) is 2. The highest BCUT2D eigenvalue weighted by molar-refractivity contribution is 5.96. The minimum absolute atomic E-state index is 0.112. The Morgan fingerprint density at radius 1 is 1.59 bits per heavy atom. The molecule has 1 aliphatic rings. The first-order valence-electron chi connectivity index (χ1n) is 5.66. The minimum atomic E-state index is -0.224. The summed E-state index contributed by atoms with van der Waals surface area (Å²) >= 11 is 0. The lowest BCUT2D eigenvalue weighted by Gasteiger charge is -2.26. The third kappa shape index (κ3) is 2.83. The molecule has 1 fully saturated rings. The molecule has 0 spiro atoms. The highest BCUT2D eigenvalue weighted by atomic mass is 16.2. The molecule has 0 saturated heterocycles. The molecule has 2 N–H and O–H groups in total. The van der Waals surface area contributed by atoms with E-state index in [4.69, 9.17) is 5.11 Å². The maximum absolute atomic E-state index is 12.0. The fraction of sp³-hybridized carbons (Fsp3) is 0.385. The summed E-state index contributed by atoms with van der Waals surface area (Å²) < 4.78 is 0. The second-order valence-corrected chi connectivity index (χ2v) is 3.98. The van der Waals surface area contributed by atoms with Gasteiger partial charge in [0.15, 0.2) is 0 Å². The van der Waals surface area contributed by atoms with Gasteiger partial charge < -0.3 is 10.4 Å². The molecule has 4 heteroatoms. The van der Waals surface area contributed by atoms with E-state index in [0.717, 1.165) is 12.8 Å². The van der Waals surface area contributed by atoms with Crippen LogP contribution >= 0.6 is 0 Å². The predicted molar refractivity (Wildman–Crippen MR) is 63.3 cm³/mol. The van der Waals surface area contributed by atoms with Crippen molar-refractivity contribution in [3.63, 3.8) is 0 Å². The van der Waals surface area contributed by atoms with Crippen LogP contribution in [-0.4, -0.2) is 28.6 Å². The van der Waals surface area contributed by atoms with Gasteiger partial charge >= 0.3 is 0 Å². The molecule has 17 heavy (non-hydrogen) atoms. The van der Waals surface area contributed by atoms with E-state index < -0.39 is 0 Å². The molecule has 1 aromatic rings. The zero-order chi connectivity index (χ0) is 12.1. The van der Waals surface area contributed by atoms with Crippen molar-refractivity contribution in [1.29, 1.82) is 0 Å². The summed E-state index contributed by atoms with van der Waals surface area (Å²) in [5.41, 5.74) is 1.08. The van der Waals surface area contributed by atoms with Crippen LogP contribution in [0.2, 0.25) is 0 Å². The van der Waals surface area contributed by atoms with E-state index >= 15 is 0 Å². The normalized spacial score (nSPS) is 14.4. The van der Waals surface area contributed by atoms with Gasteiger partial charge in [0, 0.05) is 18.4 Å². The topological polar surface area (TPSA) is 62.2 Å². The Morgan fingerprint density at radius 3 is 3.06 bits per heavy atom. The number of amides is 1. The Bertz CT molecular complexity index is 470. The largest absolute Gasteiger partial charge is 0.384 e. The van der Waals surface area contributed by atoms with Crippen molar-refractivity contribution in [2.45, 2.75) is 25.3 Å². The van der Waals surface area contributed by atoms with Gasteiger partial charge in [-0.3, -0.25) is 9.78 Å². The molecule has 1 amide bonds. The number of nitrogens with one attached hydrogen (secondary N) is 1. The first kappa shape index (κ1) is 11.6. The molecule has 0 bridgehead atoms. The number of hydrogen-bond acceptors (Lipinski definition) is 3. The third-order valence-corrected chi connectivity index (χ3v) is 2.81. The second kappa shape index (κ2) is 5.46. The van der Waals surface area contributed by atoms with Crippen LogP contribution in [0.5, 0.6) is 0 Å². The number of nitrogens with zero attached hydrogens (tertiary/aromatic N) is 1. The van der Waals surface area contributed by atoms with Crippen LogP contribution in [0.25, 0.3) is 0 Å². The molecule has 0 aliphatic heterocycles. The van der Waals surface area contributed by atoms with Gasteiger partial charge in [-0.2, -0.15) is 0 Å². The summed E-state index contributed by atoms with van der Waals surface area (Å²) in [5.74, 6) is 5.14. The molecular weight excluding hydrogens is 216 g/mol. The number of aliphatic hydroxyl groups is 1. The Labute approximate surface area is 100 Å². The average Bonchev–Trinajstić information content (AvgIpc) is 2.31.